The van der Waals surface area contributed by atoms with Gasteiger partial charge in [-0.3, -0.25) is 13.9 Å². The fraction of sp³-hybridized carbons (Fsp3) is 0.440. The van der Waals surface area contributed by atoms with Gasteiger partial charge in [-0.2, -0.15) is 0 Å². The van der Waals surface area contributed by atoms with Crippen molar-refractivity contribution in [2.24, 2.45) is 0 Å². The first-order valence-corrected chi connectivity index (χ1v) is 13.5. The summed E-state index contributed by atoms with van der Waals surface area (Å²) < 4.78 is 45.5. The van der Waals surface area contributed by atoms with Gasteiger partial charge in [-0.1, -0.05) is 38.1 Å². The van der Waals surface area contributed by atoms with Gasteiger partial charge in [0.05, 0.1) is 18.6 Å². The van der Waals surface area contributed by atoms with Crippen LogP contribution in [0, 0.1) is 5.82 Å². The van der Waals surface area contributed by atoms with Crippen molar-refractivity contribution in [2.45, 2.75) is 46.2 Å². The van der Waals surface area contributed by atoms with Crippen molar-refractivity contribution < 1.29 is 27.1 Å². The van der Waals surface area contributed by atoms with Crippen molar-refractivity contribution in [3.63, 3.8) is 0 Å². The Bertz CT molecular complexity index is 1090. The summed E-state index contributed by atoms with van der Waals surface area (Å²) in [5, 5.41) is 2.81. The molecule has 1 atom stereocenters. The van der Waals surface area contributed by atoms with E-state index in [1.165, 1.54) is 29.2 Å². The number of rotatable bonds is 13. The Hall–Kier alpha value is -3.14. The average Bonchev–Trinajstić information content (AvgIpc) is 2.82. The molecule has 0 saturated heterocycles. The summed E-state index contributed by atoms with van der Waals surface area (Å²) in [5.74, 6) is -0.990. The van der Waals surface area contributed by atoms with Gasteiger partial charge in [-0.05, 0) is 49.6 Å². The minimum Gasteiger partial charge on any atom is -0.492 e. The molecule has 0 bridgehead atoms. The molecule has 192 valence electrons. The van der Waals surface area contributed by atoms with E-state index in [0.717, 1.165) is 17.0 Å². The quantitative estimate of drug-likeness (QED) is 0.449. The topological polar surface area (TPSA) is 96.0 Å². The maximum absolute atomic E-state index is 13.6. The van der Waals surface area contributed by atoms with E-state index >= 15 is 0 Å². The molecule has 0 spiro atoms. The maximum Gasteiger partial charge on any atom is 0.244 e. The van der Waals surface area contributed by atoms with Gasteiger partial charge in [0.1, 0.15) is 24.2 Å². The summed E-state index contributed by atoms with van der Waals surface area (Å²) in [6.45, 7) is 5.73. The van der Waals surface area contributed by atoms with Gasteiger partial charge in [0.25, 0.3) is 0 Å². The van der Waals surface area contributed by atoms with Crippen molar-refractivity contribution in [1.29, 1.82) is 0 Å². The summed E-state index contributed by atoms with van der Waals surface area (Å²) in [6, 6.07) is 11.3. The van der Waals surface area contributed by atoms with Gasteiger partial charge in [0.15, 0.2) is 0 Å². The molecule has 0 saturated carbocycles. The van der Waals surface area contributed by atoms with E-state index in [1.807, 2.05) is 6.92 Å². The predicted octanol–water partition coefficient (Wildman–Crippen LogP) is 3.32. The summed E-state index contributed by atoms with van der Waals surface area (Å²) in [7, 11) is -3.88. The number of halogens is 1. The molecule has 0 fully saturated rings. The molecule has 1 N–H and O–H groups in total. The highest BCUT2D eigenvalue weighted by Gasteiger charge is 2.32. The van der Waals surface area contributed by atoms with Crippen molar-refractivity contribution in [3.8, 4) is 5.75 Å². The molecule has 0 radical (unpaired) electrons. The highest BCUT2D eigenvalue weighted by molar-refractivity contribution is 7.92. The lowest BCUT2D eigenvalue weighted by atomic mass is 10.1. The first kappa shape index (κ1) is 28.1. The number of nitrogens with one attached hydrogen (secondary N) is 1. The van der Waals surface area contributed by atoms with E-state index in [9.17, 15) is 22.4 Å². The molecule has 35 heavy (non-hydrogen) atoms. The number of sulfonamides is 1. The Morgan fingerprint density at radius 1 is 1.06 bits per heavy atom. The van der Waals surface area contributed by atoms with Crippen molar-refractivity contribution in [2.75, 3.05) is 30.3 Å². The Morgan fingerprint density at radius 3 is 2.29 bits per heavy atom. The Balaban J connectivity index is 2.45. The third-order valence-electron chi connectivity index (χ3n) is 5.31. The van der Waals surface area contributed by atoms with Gasteiger partial charge in [0.2, 0.25) is 21.8 Å². The van der Waals surface area contributed by atoms with E-state index in [2.05, 4.69) is 5.32 Å². The number of anilines is 1. The van der Waals surface area contributed by atoms with E-state index in [0.29, 0.717) is 30.9 Å². The van der Waals surface area contributed by atoms with Crippen molar-refractivity contribution in [1.82, 2.24) is 10.2 Å². The lowest BCUT2D eigenvalue weighted by Crippen LogP contribution is -2.52. The van der Waals surface area contributed by atoms with Crippen LogP contribution in [0.2, 0.25) is 0 Å². The highest BCUT2D eigenvalue weighted by atomic mass is 32.2. The normalized spacial score (nSPS) is 12.0. The van der Waals surface area contributed by atoms with Gasteiger partial charge >= 0.3 is 0 Å². The van der Waals surface area contributed by atoms with Gasteiger partial charge in [-0.15, -0.1) is 0 Å². The zero-order valence-electron chi connectivity index (χ0n) is 20.7. The van der Waals surface area contributed by atoms with Crippen molar-refractivity contribution in [3.05, 3.63) is 59.9 Å². The first-order chi connectivity index (χ1) is 16.6. The summed E-state index contributed by atoms with van der Waals surface area (Å²) in [5.41, 5.74) is 0.845. The van der Waals surface area contributed by atoms with E-state index < -0.39 is 34.3 Å². The van der Waals surface area contributed by atoms with Crippen LogP contribution in [0.3, 0.4) is 0 Å². The molecule has 2 rings (SSSR count). The zero-order chi connectivity index (χ0) is 26.0. The largest absolute Gasteiger partial charge is 0.492 e. The molecule has 2 amide bonds. The Morgan fingerprint density at radius 2 is 1.71 bits per heavy atom. The average molecular weight is 508 g/mol. The molecular formula is C25H34FN3O5S. The number of amides is 2. The van der Waals surface area contributed by atoms with E-state index in [-0.39, 0.29) is 18.1 Å². The number of hydrogen-bond acceptors (Lipinski definition) is 5. The molecule has 2 aromatic rings. The summed E-state index contributed by atoms with van der Waals surface area (Å²) in [4.78, 5) is 27.9. The van der Waals surface area contributed by atoms with Crippen LogP contribution in [-0.2, 0) is 26.2 Å². The molecule has 8 nitrogen and oxygen atoms in total. The lowest BCUT2D eigenvalue weighted by Gasteiger charge is -2.33. The second-order valence-corrected chi connectivity index (χ2v) is 9.94. The number of benzene rings is 2. The Kier molecular flexibility index (Phi) is 10.5. The molecule has 0 heterocycles. The van der Waals surface area contributed by atoms with Crippen molar-refractivity contribution >= 4 is 27.5 Å². The number of carbonyl (C=O) groups excluding carboxylic acids is 2. The summed E-state index contributed by atoms with van der Waals surface area (Å²) in [6.07, 6.45) is 2.06. The molecule has 0 aromatic heterocycles. The SMILES string of the molecule is CCCNC(=O)[C@@H](CC)N(Cc1ccc(F)cc1)C(=O)CN(c1ccccc1OCC)S(C)(=O)=O. The molecule has 2 aromatic carbocycles. The number of carbonyl (C=O) groups is 2. The summed E-state index contributed by atoms with van der Waals surface area (Å²) >= 11 is 0. The Labute approximate surface area is 207 Å². The third-order valence-corrected chi connectivity index (χ3v) is 6.44. The fourth-order valence-corrected chi connectivity index (χ4v) is 4.46. The monoisotopic (exact) mass is 507 g/mol. The second-order valence-electron chi connectivity index (χ2n) is 8.03. The standard InChI is InChI=1S/C25H34FN3O5S/c1-5-16-27-25(31)21(6-2)28(17-19-12-14-20(26)15-13-19)24(30)18-29(35(4,32)33)22-10-8-9-11-23(22)34-7-3/h8-15,21H,5-7,16-18H2,1-4H3,(H,27,31)/t21-/m1/s1. The third kappa shape index (κ3) is 7.95. The molecular weight excluding hydrogens is 473 g/mol. The number of hydrogen-bond donors (Lipinski definition) is 1. The smallest absolute Gasteiger partial charge is 0.244 e. The lowest BCUT2D eigenvalue weighted by molar-refractivity contribution is -0.140. The predicted molar refractivity (Wildman–Crippen MR) is 134 cm³/mol. The minimum atomic E-state index is -3.88. The van der Waals surface area contributed by atoms with Crippen LogP contribution < -0.4 is 14.4 Å². The van der Waals surface area contributed by atoms with Gasteiger partial charge < -0.3 is 15.0 Å². The van der Waals surface area contributed by atoms with Crippen LogP contribution in [0.5, 0.6) is 5.75 Å². The van der Waals surface area contributed by atoms with Gasteiger partial charge in [-0.25, -0.2) is 12.8 Å². The molecule has 0 aliphatic rings. The van der Waals surface area contributed by atoms with Crippen LogP contribution in [0.4, 0.5) is 10.1 Å². The zero-order valence-corrected chi connectivity index (χ0v) is 21.5. The highest BCUT2D eigenvalue weighted by Crippen LogP contribution is 2.30. The molecule has 0 unspecified atom stereocenters. The maximum atomic E-state index is 13.6. The van der Waals surface area contributed by atoms with Crippen LogP contribution >= 0.6 is 0 Å². The van der Waals surface area contributed by atoms with Crippen LogP contribution in [0.25, 0.3) is 0 Å². The molecule has 10 heteroatoms. The minimum absolute atomic E-state index is 0.0157. The van der Waals surface area contributed by atoms with E-state index in [4.69, 9.17) is 4.74 Å². The number of ether oxygens (including phenoxy) is 1. The van der Waals surface area contributed by atoms with E-state index in [1.54, 1.807) is 38.1 Å². The molecule has 0 aliphatic heterocycles. The number of para-hydroxylation sites is 2. The second kappa shape index (κ2) is 13.1. The van der Waals surface area contributed by atoms with Crippen LogP contribution in [0.1, 0.15) is 39.2 Å². The molecule has 0 aliphatic carbocycles. The number of nitrogens with zero attached hydrogens (tertiary/aromatic N) is 2. The van der Waals surface area contributed by atoms with Crippen LogP contribution in [-0.4, -0.2) is 57.1 Å². The van der Waals surface area contributed by atoms with Crippen LogP contribution in [0.15, 0.2) is 48.5 Å². The fourth-order valence-electron chi connectivity index (χ4n) is 3.61. The first-order valence-electron chi connectivity index (χ1n) is 11.6. The van der Waals surface area contributed by atoms with Gasteiger partial charge in [0, 0.05) is 13.1 Å².